The van der Waals surface area contributed by atoms with Crippen LogP contribution in [0.4, 0.5) is 5.69 Å². The zero-order valence-electron chi connectivity index (χ0n) is 15.5. The third-order valence-corrected chi connectivity index (χ3v) is 5.23. The van der Waals surface area contributed by atoms with Gasteiger partial charge in [-0.05, 0) is 44.4 Å². The van der Waals surface area contributed by atoms with E-state index in [1.165, 1.54) is 0 Å². The second kappa shape index (κ2) is 7.49. The first-order chi connectivity index (χ1) is 13.1. The lowest BCUT2D eigenvalue weighted by atomic mass is 10.1. The molecule has 0 atom stereocenters. The summed E-state index contributed by atoms with van der Waals surface area (Å²) < 4.78 is 5.35. The Kier molecular flexibility index (Phi) is 4.90. The molecule has 2 fully saturated rings. The van der Waals surface area contributed by atoms with E-state index < -0.39 is 0 Å². The van der Waals surface area contributed by atoms with Gasteiger partial charge in [-0.3, -0.25) is 9.69 Å². The summed E-state index contributed by atoms with van der Waals surface area (Å²) in [7, 11) is 0. The van der Waals surface area contributed by atoms with Crippen molar-refractivity contribution in [3.8, 4) is 6.07 Å². The summed E-state index contributed by atoms with van der Waals surface area (Å²) in [4.78, 5) is 20.8. The SMILES string of the molecule is CC(=O)c1ccc(C#N)c(N2CCCN(Cc3noc(C4CC4)n3)CC2)c1. The van der Waals surface area contributed by atoms with Gasteiger partial charge < -0.3 is 9.42 Å². The molecule has 0 unspecified atom stereocenters. The summed E-state index contributed by atoms with van der Waals surface area (Å²) in [6.07, 6.45) is 3.28. The van der Waals surface area contributed by atoms with E-state index in [0.29, 0.717) is 23.6 Å². The van der Waals surface area contributed by atoms with Crippen LogP contribution >= 0.6 is 0 Å². The van der Waals surface area contributed by atoms with Crippen molar-refractivity contribution in [2.24, 2.45) is 0 Å². The molecule has 7 nitrogen and oxygen atoms in total. The van der Waals surface area contributed by atoms with E-state index in [2.05, 4.69) is 26.0 Å². The normalized spacial score (nSPS) is 18.1. The van der Waals surface area contributed by atoms with Gasteiger partial charge in [-0.2, -0.15) is 10.2 Å². The van der Waals surface area contributed by atoms with Gasteiger partial charge in [-0.1, -0.05) is 5.16 Å². The molecule has 2 heterocycles. The molecule has 4 rings (SSSR count). The summed E-state index contributed by atoms with van der Waals surface area (Å²) in [5, 5.41) is 13.6. The average molecular weight is 365 g/mol. The minimum atomic E-state index is 0.0146. The lowest BCUT2D eigenvalue weighted by Crippen LogP contribution is -2.31. The number of hydrogen-bond acceptors (Lipinski definition) is 7. The van der Waals surface area contributed by atoms with E-state index in [1.807, 2.05) is 6.07 Å². The van der Waals surface area contributed by atoms with Crippen LogP contribution in [0.15, 0.2) is 22.7 Å². The Morgan fingerprint density at radius 1 is 1.30 bits per heavy atom. The largest absolute Gasteiger partial charge is 0.369 e. The van der Waals surface area contributed by atoms with Gasteiger partial charge in [0.15, 0.2) is 11.6 Å². The molecule has 1 saturated heterocycles. The number of ketones is 1. The minimum Gasteiger partial charge on any atom is -0.369 e. The van der Waals surface area contributed by atoms with Crippen molar-refractivity contribution in [3.63, 3.8) is 0 Å². The molecule has 0 radical (unpaired) electrons. The predicted octanol–water partition coefficient (Wildman–Crippen LogP) is 2.73. The minimum absolute atomic E-state index is 0.0146. The molecule has 0 amide bonds. The molecule has 0 spiro atoms. The third kappa shape index (κ3) is 4.01. The Bertz CT molecular complexity index is 881. The van der Waals surface area contributed by atoms with E-state index in [0.717, 1.165) is 62.8 Å². The van der Waals surface area contributed by atoms with Gasteiger partial charge in [0.2, 0.25) is 5.89 Å². The Hall–Kier alpha value is -2.72. The van der Waals surface area contributed by atoms with Crippen LogP contribution in [0.1, 0.15) is 59.7 Å². The Morgan fingerprint density at radius 2 is 2.15 bits per heavy atom. The average Bonchev–Trinajstić information content (AvgIpc) is 3.46. The molecule has 1 saturated carbocycles. The van der Waals surface area contributed by atoms with Gasteiger partial charge in [0, 0.05) is 37.7 Å². The summed E-state index contributed by atoms with van der Waals surface area (Å²) in [5.41, 5.74) is 2.10. The van der Waals surface area contributed by atoms with Crippen LogP contribution in [0, 0.1) is 11.3 Å². The number of carbonyl (C=O) groups excluding carboxylic acids is 1. The highest BCUT2D eigenvalue weighted by Crippen LogP contribution is 2.38. The van der Waals surface area contributed by atoms with Crippen LogP contribution < -0.4 is 4.90 Å². The number of hydrogen-bond donors (Lipinski definition) is 0. The fraction of sp³-hybridized carbons (Fsp3) is 0.500. The topological polar surface area (TPSA) is 86.3 Å². The monoisotopic (exact) mass is 365 g/mol. The summed E-state index contributed by atoms with van der Waals surface area (Å²) in [6.45, 7) is 5.68. The molecule has 140 valence electrons. The zero-order chi connectivity index (χ0) is 18.8. The standard InChI is InChI=1S/C20H23N5O2/c1-14(26)16-5-6-17(12-21)18(11-16)25-8-2-7-24(9-10-25)13-19-22-20(27-23-19)15-3-4-15/h5-6,11,15H,2-4,7-10,13H2,1H3. The van der Waals surface area contributed by atoms with Gasteiger partial charge in [0.05, 0.1) is 17.8 Å². The molecule has 27 heavy (non-hydrogen) atoms. The Labute approximate surface area is 158 Å². The lowest BCUT2D eigenvalue weighted by Gasteiger charge is -2.24. The van der Waals surface area contributed by atoms with E-state index in [9.17, 15) is 10.1 Å². The van der Waals surface area contributed by atoms with Crippen LogP contribution in [-0.4, -0.2) is 47.0 Å². The van der Waals surface area contributed by atoms with Crippen molar-refractivity contribution in [1.29, 1.82) is 5.26 Å². The first kappa shape index (κ1) is 17.7. The van der Waals surface area contributed by atoms with E-state index in [1.54, 1.807) is 19.1 Å². The highest BCUT2D eigenvalue weighted by molar-refractivity contribution is 5.95. The van der Waals surface area contributed by atoms with Gasteiger partial charge >= 0.3 is 0 Å². The molecule has 0 bridgehead atoms. The third-order valence-electron chi connectivity index (χ3n) is 5.23. The zero-order valence-corrected chi connectivity index (χ0v) is 15.5. The summed E-state index contributed by atoms with van der Waals surface area (Å²) >= 11 is 0. The van der Waals surface area contributed by atoms with E-state index in [-0.39, 0.29) is 5.78 Å². The van der Waals surface area contributed by atoms with Gasteiger partial charge in [-0.15, -0.1) is 0 Å². The van der Waals surface area contributed by atoms with Crippen molar-refractivity contribution in [3.05, 3.63) is 41.0 Å². The summed E-state index contributed by atoms with van der Waals surface area (Å²) in [6, 6.07) is 7.56. The van der Waals surface area contributed by atoms with Crippen LogP contribution in [0.5, 0.6) is 0 Å². The molecule has 1 aromatic carbocycles. The van der Waals surface area contributed by atoms with Gasteiger partial charge in [0.1, 0.15) is 6.07 Å². The fourth-order valence-electron chi connectivity index (χ4n) is 3.50. The molecular formula is C20H23N5O2. The molecule has 1 aromatic heterocycles. The van der Waals surface area contributed by atoms with Crippen LogP contribution in [0.3, 0.4) is 0 Å². The smallest absolute Gasteiger partial charge is 0.229 e. The first-order valence-electron chi connectivity index (χ1n) is 9.49. The molecule has 1 aliphatic heterocycles. The predicted molar refractivity (Wildman–Crippen MR) is 99.5 cm³/mol. The van der Waals surface area contributed by atoms with Crippen molar-refractivity contribution >= 4 is 11.5 Å². The van der Waals surface area contributed by atoms with Crippen molar-refractivity contribution < 1.29 is 9.32 Å². The second-order valence-electron chi connectivity index (χ2n) is 7.34. The highest BCUT2D eigenvalue weighted by atomic mass is 16.5. The van der Waals surface area contributed by atoms with Gasteiger partial charge in [0.25, 0.3) is 0 Å². The molecule has 1 aliphatic carbocycles. The Morgan fingerprint density at radius 3 is 2.89 bits per heavy atom. The molecule has 2 aromatic rings. The maximum Gasteiger partial charge on any atom is 0.229 e. The number of carbonyl (C=O) groups is 1. The van der Waals surface area contributed by atoms with E-state index in [4.69, 9.17) is 4.52 Å². The molecule has 0 N–H and O–H groups in total. The highest BCUT2D eigenvalue weighted by Gasteiger charge is 2.30. The number of aromatic nitrogens is 2. The summed E-state index contributed by atoms with van der Waals surface area (Å²) in [5.74, 6) is 2.02. The maximum atomic E-state index is 11.7. The van der Waals surface area contributed by atoms with E-state index >= 15 is 0 Å². The van der Waals surface area contributed by atoms with Crippen LogP contribution in [-0.2, 0) is 6.54 Å². The number of nitrogens with zero attached hydrogens (tertiary/aromatic N) is 5. The fourth-order valence-corrected chi connectivity index (χ4v) is 3.50. The van der Waals surface area contributed by atoms with Crippen molar-refractivity contribution in [2.45, 2.75) is 38.6 Å². The lowest BCUT2D eigenvalue weighted by molar-refractivity contribution is 0.101. The van der Waals surface area contributed by atoms with Gasteiger partial charge in [-0.25, -0.2) is 0 Å². The van der Waals surface area contributed by atoms with Crippen molar-refractivity contribution in [1.82, 2.24) is 15.0 Å². The van der Waals surface area contributed by atoms with Crippen LogP contribution in [0.25, 0.3) is 0 Å². The maximum absolute atomic E-state index is 11.7. The number of rotatable bonds is 5. The van der Waals surface area contributed by atoms with Crippen molar-refractivity contribution in [2.75, 3.05) is 31.1 Å². The molecule has 7 heteroatoms. The number of Topliss-reactive ketones (excluding diaryl/α,β-unsaturated/α-hetero) is 1. The second-order valence-corrected chi connectivity index (χ2v) is 7.34. The molecular weight excluding hydrogens is 342 g/mol. The number of anilines is 1. The first-order valence-corrected chi connectivity index (χ1v) is 9.49. The Balaban J connectivity index is 1.44. The molecule has 2 aliphatic rings. The quantitative estimate of drug-likeness (QED) is 0.753. The van der Waals surface area contributed by atoms with Crippen LogP contribution in [0.2, 0.25) is 0 Å². The number of nitriles is 1. The number of benzene rings is 1.